The van der Waals surface area contributed by atoms with E-state index in [1.807, 2.05) is 13.0 Å². The van der Waals surface area contributed by atoms with Gasteiger partial charge in [-0.05, 0) is 37.5 Å². The van der Waals surface area contributed by atoms with Crippen LogP contribution in [-0.4, -0.2) is 32.4 Å². The van der Waals surface area contributed by atoms with Gasteiger partial charge in [0.15, 0.2) is 0 Å². The van der Waals surface area contributed by atoms with Gasteiger partial charge in [0, 0.05) is 23.0 Å². The van der Waals surface area contributed by atoms with Gasteiger partial charge >= 0.3 is 0 Å². The smallest absolute Gasteiger partial charge is 0.249 e. The lowest BCUT2D eigenvalue weighted by Crippen LogP contribution is -2.22. The van der Waals surface area contributed by atoms with E-state index in [0.717, 1.165) is 5.56 Å². The maximum atomic E-state index is 14.7. The number of rotatable bonds is 8. The summed E-state index contributed by atoms with van der Waals surface area (Å²) in [5.41, 5.74) is 0.882. The molecule has 0 heterocycles. The maximum absolute atomic E-state index is 14.7. The van der Waals surface area contributed by atoms with Crippen molar-refractivity contribution in [3.63, 3.8) is 0 Å². The number of methoxy groups -OCH3 is 3. The second-order valence-electron chi connectivity index (χ2n) is 7.66. The zero-order chi connectivity index (χ0) is 24.3. The SMILES string of the molecule is COc1cc(OC)c(C(=O)P(=O)(C(=O)c2c(C)ccc(C)c2C)c2ccccc2)c(OC)c1. The molecule has 0 aliphatic rings. The molecule has 3 aromatic carbocycles. The molecular formula is C26H27O6P. The van der Waals surface area contributed by atoms with Crippen LogP contribution >= 0.6 is 7.14 Å². The Morgan fingerprint density at radius 1 is 0.697 bits per heavy atom. The lowest BCUT2D eigenvalue weighted by Gasteiger charge is -2.22. The maximum Gasteiger partial charge on any atom is 0.249 e. The molecule has 33 heavy (non-hydrogen) atoms. The number of hydrogen-bond donors (Lipinski definition) is 0. The minimum Gasteiger partial charge on any atom is -0.496 e. The van der Waals surface area contributed by atoms with E-state index in [4.69, 9.17) is 14.2 Å². The first-order valence-corrected chi connectivity index (χ1v) is 12.0. The van der Waals surface area contributed by atoms with Gasteiger partial charge in [0.05, 0.1) is 21.3 Å². The molecule has 0 aliphatic heterocycles. The minimum atomic E-state index is -4.35. The van der Waals surface area contributed by atoms with E-state index in [9.17, 15) is 14.2 Å². The summed E-state index contributed by atoms with van der Waals surface area (Å²) in [5.74, 6) is 0.613. The van der Waals surface area contributed by atoms with Crippen LogP contribution in [0.2, 0.25) is 0 Å². The third kappa shape index (κ3) is 4.19. The third-order valence-corrected chi connectivity index (χ3v) is 8.40. The summed E-state index contributed by atoms with van der Waals surface area (Å²) in [6.07, 6.45) is 0. The third-order valence-electron chi connectivity index (χ3n) is 5.78. The van der Waals surface area contributed by atoms with Crippen LogP contribution in [0, 0.1) is 20.8 Å². The topological polar surface area (TPSA) is 78.9 Å². The molecule has 0 saturated carbocycles. The molecule has 7 heteroatoms. The van der Waals surface area contributed by atoms with E-state index >= 15 is 0 Å². The molecule has 0 spiro atoms. The Balaban J connectivity index is 2.35. The van der Waals surface area contributed by atoms with E-state index in [-0.39, 0.29) is 22.4 Å². The average Bonchev–Trinajstić information content (AvgIpc) is 2.84. The highest BCUT2D eigenvalue weighted by molar-refractivity contribution is 8.01. The monoisotopic (exact) mass is 466 g/mol. The molecule has 0 bridgehead atoms. The van der Waals surface area contributed by atoms with E-state index in [1.165, 1.54) is 33.5 Å². The normalized spacial score (nSPS) is 12.5. The second kappa shape index (κ2) is 9.63. The quantitative estimate of drug-likeness (QED) is 0.419. The molecule has 0 fully saturated rings. The first kappa shape index (κ1) is 24.3. The number of benzene rings is 3. The fraction of sp³-hybridized carbons (Fsp3) is 0.231. The van der Waals surface area contributed by atoms with E-state index in [0.29, 0.717) is 22.4 Å². The van der Waals surface area contributed by atoms with Gasteiger partial charge in [0.1, 0.15) is 22.8 Å². The summed E-state index contributed by atoms with van der Waals surface area (Å²) in [6, 6.07) is 14.8. The fourth-order valence-corrected chi connectivity index (χ4v) is 6.22. The van der Waals surface area contributed by atoms with Gasteiger partial charge in [-0.2, -0.15) is 0 Å². The Morgan fingerprint density at radius 2 is 1.21 bits per heavy atom. The van der Waals surface area contributed by atoms with Gasteiger partial charge < -0.3 is 18.8 Å². The van der Waals surface area contributed by atoms with Crippen LogP contribution < -0.4 is 19.5 Å². The summed E-state index contributed by atoms with van der Waals surface area (Å²) in [4.78, 5) is 28.1. The van der Waals surface area contributed by atoms with Gasteiger partial charge in [-0.25, -0.2) is 0 Å². The minimum absolute atomic E-state index is 0.0655. The van der Waals surface area contributed by atoms with Crippen molar-refractivity contribution < 1.29 is 28.4 Å². The number of aryl methyl sites for hydroxylation is 2. The molecular weight excluding hydrogens is 439 g/mol. The van der Waals surface area contributed by atoms with Crippen LogP contribution in [0.15, 0.2) is 54.6 Å². The standard InChI is InChI=1S/C26H27O6P/c1-16-12-13-17(2)23(18(16)3)25(27)33(29,20-10-8-7-9-11-20)26(28)24-21(31-5)14-19(30-4)15-22(24)32-6/h7-15H,1-6H3. The van der Waals surface area contributed by atoms with E-state index < -0.39 is 18.2 Å². The Kier molecular flexibility index (Phi) is 7.09. The summed E-state index contributed by atoms with van der Waals surface area (Å²) < 4.78 is 30.8. The second-order valence-corrected chi connectivity index (χ2v) is 10.2. The van der Waals surface area contributed by atoms with Gasteiger partial charge in [0.25, 0.3) is 0 Å². The molecule has 0 saturated heterocycles. The molecule has 0 N–H and O–H groups in total. The lowest BCUT2D eigenvalue weighted by atomic mass is 9.99. The van der Waals surface area contributed by atoms with Crippen molar-refractivity contribution in [1.29, 1.82) is 0 Å². The van der Waals surface area contributed by atoms with Crippen LogP contribution in [0.4, 0.5) is 0 Å². The fourth-order valence-electron chi connectivity index (χ4n) is 3.78. The molecule has 3 aromatic rings. The number of carbonyl (C=O) groups excluding carboxylic acids is 2. The van der Waals surface area contributed by atoms with Gasteiger partial charge in [0.2, 0.25) is 18.2 Å². The van der Waals surface area contributed by atoms with E-state index in [1.54, 1.807) is 50.2 Å². The molecule has 0 amide bonds. The number of ether oxygens (including phenoxy) is 3. The number of carbonyl (C=O) groups is 2. The Morgan fingerprint density at radius 3 is 1.73 bits per heavy atom. The van der Waals surface area contributed by atoms with Crippen LogP contribution in [0.1, 0.15) is 37.4 Å². The highest BCUT2D eigenvalue weighted by Gasteiger charge is 2.46. The Hall–Kier alpha value is -3.37. The van der Waals surface area contributed by atoms with E-state index in [2.05, 4.69) is 0 Å². The van der Waals surface area contributed by atoms with Gasteiger partial charge in [-0.15, -0.1) is 0 Å². The molecule has 0 aliphatic carbocycles. The van der Waals surface area contributed by atoms with Crippen LogP contribution in [0.5, 0.6) is 17.2 Å². The summed E-state index contributed by atoms with van der Waals surface area (Å²) in [7, 11) is -0.116. The summed E-state index contributed by atoms with van der Waals surface area (Å²) >= 11 is 0. The predicted octanol–water partition coefficient (Wildman–Crippen LogP) is 5.31. The molecule has 172 valence electrons. The highest BCUT2D eigenvalue weighted by Crippen LogP contribution is 2.54. The Bertz CT molecular complexity index is 1240. The van der Waals surface area contributed by atoms with Crippen molar-refractivity contribution in [2.24, 2.45) is 0 Å². The molecule has 1 unspecified atom stereocenters. The zero-order valence-electron chi connectivity index (χ0n) is 19.6. The molecule has 6 nitrogen and oxygen atoms in total. The molecule has 1 atom stereocenters. The highest BCUT2D eigenvalue weighted by atomic mass is 31.2. The predicted molar refractivity (Wildman–Crippen MR) is 129 cm³/mol. The van der Waals surface area contributed by atoms with Gasteiger partial charge in [-0.1, -0.05) is 42.5 Å². The molecule has 0 aromatic heterocycles. The van der Waals surface area contributed by atoms with Crippen molar-refractivity contribution in [3.8, 4) is 17.2 Å². The molecule has 3 rings (SSSR count). The number of hydrogen-bond acceptors (Lipinski definition) is 6. The first-order valence-electron chi connectivity index (χ1n) is 10.3. The van der Waals surface area contributed by atoms with Crippen LogP contribution in [-0.2, 0) is 4.57 Å². The van der Waals surface area contributed by atoms with Crippen molar-refractivity contribution in [2.75, 3.05) is 21.3 Å². The van der Waals surface area contributed by atoms with Crippen molar-refractivity contribution in [3.05, 3.63) is 82.4 Å². The van der Waals surface area contributed by atoms with Crippen LogP contribution in [0.25, 0.3) is 0 Å². The largest absolute Gasteiger partial charge is 0.496 e. The first-order chi connectivity index (χ1) is 15.7. The molecule has 0 radical (unpaired) electrons. The zero-order valence-corrected chi connectivity index (χ0v) is 20.5. The summed E-state index contributed by atoms with van der Waals surface area (Å²) in [5, 5.41) is 0.153. The van der Waals surface area contributed by atoms with Crippen molar-refractivity contribution >= 4 is 23.5 Å². The summed E-state index contributed by atoms with van der Waals surface area (Å²) in [6.45, 7) is 5.44. The Labute approximate surface area is 193 Å². The van der Waals surface area contributed by atoms with Crippen LogP contribution in [0.3, 0.4) is 0 Å². The lowest BCUT2D eigenvalue weighted by molar-refractivity contribution is 0.103. The van der Waals surface area contributed by atoms with Crippen molar-refractivity contribution in [2.45, 2.75) is 20.8 Å². The average molecular weight is 466 g/mol. The van der Waals surface area contributed by atoms with Gasteiger partial charge in [-0.3, -0.25) is 9.59 Å². The van der Waals surface area contributed by atoms with Crippen molar-refractivity contribution in [1.82, 2.24) is 0 Å².